The van der Waals surface area contributed by atoms with Crippen molar-refractivity contribution in [3.8, 4) is 0 Å². The van der Waals surface area contributed by atoms with Crippen molar-refractivity contribution in [3.63, 3.8) is 0 Å². The van der Waals surface area contributed by atoms with Crippen LogP contribution in [-0.2, 0) is 6.54 Å². The van der Waals surface area contributed by atoms with Crippen LogP contribution in [-0.4, -0.2) is 31.9 Å². The van der Waals surface area contributed by atoms with E-state index in [1.807, 2.05) is 23.0 Å². The Bertz CT molecular complexity index is 937. The smallest absolute Gasteiger partial charge is 0.270 e. The van der Waals surface area contributed by atoms with Crippen molar-refractivity contribution in [1.82, 2.24) is 25.3 Å². The fourth-order valence-electron chi connectivity index (χ4n) is 3.96. The van der Waals surface area contributed by atoms with E-state index in [1.54, 1.807) is 12.3 Å². The Kier molecular flexibility index (Phi) is 5.46. The molecule has 2 unspecified atom stereocenters. The molecule has 1 aromatic carbocycles. The molecule has 2 aromatic heterocycles. The maximum absolute atomic E-state index is 12.6. The highest BCUT2D eigenvalue weighted by atomic mass is 16.1. The van der Waals surface area contributed by atoms with Crippen LogP contribution in [0.4, 0.5) is 0 Å². The summed E-state index contributed by atoms with van der Waals surface area (Å²) in [5.41, 5.74) is 3.86. The number of benzene rings is 1. The molecule has 0 aliphatic heterocycles. The van der Waals surface area contributed by atoms with Crippen LogP contribution in [0.3, 0.4) is 0 Å². The number of carbonyl (C=O) groups is 1. The summed E-state index contributed by atoms with van der Waals surface area (Å²) >= 11 is 0. The second-order valence-electron chi connectivity index (χ2n) is 7.52. The van der Waals surface area contributed by atoms with Crippen LogP contribution >= 0.6 is 0 Å². The van der Waals surface area contributed by atoms with Crippen LogP contribution in [0.15, 0.2) is 54.9 Å². The van der Waals surface area contributed by atoms with E-state index in [0.717, 1.165) is 31.4 Å². The molecule has 28 heavy (non-hydrogen) atoms. The number of aryl methyl sites for hydroxylation is 1. The van der Waals surface area contributed by atoms with Crippen molar-refractivity contribution in [2.75, 3.05) is 0 Å². The van der Waals surface area contributed by atoms with Gasteiger partial charge in [0, 0.05) is 24.4 Å². The minimum atomic E-state index is -0.121. The molecule has 6 heteroatoms. The molecule has 4 rings (SSSR count). The Labute approximate surface area is 165 Å². The molecule has 1 aliphatic carbocycles. The molecule has 0 radical (unpaired) electrons. The molecule has 2 atom stereocenters. The van der Waals surface area contributed by atoms with Gasteiger partial charge >= 0.3 is 0 Å². The topological polar surface area (TPSA) is 72.7 Å². The van der Waals surface area contributed by atoms with Gasteiger partial charge in [-0.05, 0) is 37.5 Å². The Morgan fingerprint density at radius 1 is 1.18 bits per heavy atom. The quantitative estimate of drug-likeness (QED) is 0.741. The Balaban J connectivity index is 1.47. The number of rotatable bonds is 5. The first kappa shape index (κ1) is 18.3. The van der Waals surface area contributed by atoms with Gasteiger partial charge in [-0.25, -0.2) is 4.68 Å². The second-order valence-corrected chi connectivity index (χ2v) is 7.52. The minimum Gasteiger partial charge on any atom is -0.347 e. The third kappa shape index (κ3) is 4.27. The molecule has 1 aliphatic rings. The summed E-state index contributed by atoms with van der Waals surface area (Å²) in [7, 11) is 0. The molecule has 1 saturated carbocycles. The van der Waals surface area contributed by atoms with E-state index in [1.165, 1.54) is 11.1 Å². The Hall–Kier alpha value is -3.02. The van der Waals surface area contributed by atoms with E-state index in [0.29, 0.717) is 12.2 Å². The summed E-state index contributed by atoms with van der Waals surface area (Å²) in [5, 5.41) is 11.9. The van der Waals surface area contributed by atoms with Gasteiger partial charge < -0.3 is 5.32 Å². The number of aromatic nitrogens is 4. The summed E-state index contributed by atoms with van der Waals surface area (Å²) in [4.78, 5) is 16.7. The molecule has 1 fully saturated rings. The summed E-state index contributed by atoms with van der Waals surface area (Å²) < 4.78 is 1.89. The van der Waals surface area contributed by atoms with Crippen molar-refractivity contribution >= 4 is 5.91 Å². The first-order chi connectivity index (χ1) is 13.7. The van der Waals surface area contributed by atoms with Crippen molar-refractivity contribution in [2.24, 2.45) is 0 Å². The highest BCUT2D eigenvalue weighted by molar-refractivity contribution is 5.92. The number of amides is 1. The number of hydrogen-bond donors (Lipinski definition) is 1. The number of nitrogens with one attached hydrogen (secondary N) is 1. The zero-order valence-electron chi connectivity index (χ0n) is 16.1. The molecule has 1 N–H and O–H groups in total. The second kappa shape index (κ2) is 8.33. The lowest BCUT2D eigenvalue weighted by molar-refractivity contribution is 0.0915. The number of hydrogen-bond acceptors (Lipinski definition) is 4. The number of carbonyl (C=O) groups excluding carboxylic acids is 1. The van der Waals surface area contributed by atoms with Gasteiger partial charge in [-0.1, -0.05) is 54.0 Å². The largest absolute Gasteiger partial charge is 0.347 e. The molecule has 144 valence electrons. The van der Waals surface area contributed by atoms with Crippen molar-refractivity contribution in [2.45, 2.75) is 51.1 Å². The van der Waals surface area contributed by atoms with E-state index in [4.69, 9.17) is 0 Å². The average molecular weight is 375 g/mol. The molecular weight excluding hydrogens is 350 g/mol. The molecule has 3 aromatic rings. The lowest BCUT2D eigenvalue weighted by Gasteiger charge is -2.30. The summed E-state index contributed by atoms with van der Waals surface area (Å²) in [6.07, 6.45) is 7.89. The van der Waals surface area contributed by atoms with E-state index < -0.39 is 0 Å². The van der Waals surface area contributed by atoms with Crippen LogP contribution in [0.25, 0.3) is 0 Å². The van der Waals surface area contributed by atoms with Crippen LogP contribution in [0.5, 0.6) is 0 Å². The van der Waals surface area contributed by atoms with Gasteiger partial charge in [-0.2, -0.15) is 0 Å². The van der Waals surface area contributed by atoms with Gasteiger partial charge in [0.05, 0.1) is 12.2 Å². The summed E-state index contributed by atoms with van der Waals surface area (Å²) in [6.45, 7) is 2.79. The predicted octanol–water partition coefficient (Wildman–Crippen LogP) is 3.49. The van der Waals surface area contributed by atoms with Gasteiger partial charge in [0.1, 0.15) is 5.69 Å². The third-order valence-corrected chi connectivity index (χ3v) is 5.34. The van der Waals surface area contributed by atoms with Gasteiger partial charge in [0.25, 0.3) is 5.91 Å². The van der Waals surface area contributed by atoms with Gasteiger partial charge in [0.2, 0.25) is 0 Å². The SMILES string of the molecule is Cc1cccc(Cn2cc(C3CCCCC3NC(=O)c3ccccn3)nn2)c1. The van der Waals surface area contributed by atoms with Crippen LogP contribution in [0.2, 0.25) is 0 Å². The van der Waals surface area contributed by atoms with Crippen molar-refractivity contribution in [1.29, 1.82) is 0 Å². The maximum Gasteiger partial charge on any atom is 0.270 e. The van der Waals surface area contributed by atoms with E-state index in [9.17, 15) is 4.79 Å². The van der Waals surface area contributed by atoms with E-state index in [2.05, 4.69) is 51.8 Å². The van der Waals surface area contributed by atoms with Crippen LogP contribution < -0.4 is 5.32 Å². The molecule has 2 heterocycles. The highest BCUT2D eigenvalue weighted by Crippen LogP contribution is 2.32. The van der Waals surface area contributed by atoms with Crippen molar-refractivity contribution < 1.29 is 4.79 Å². The number of pyridine rings is 1. The fourth-order valence-corrected chi connectivity index (χ4v) is 3.96. The van der Waals surface area contributed by atoms with Crippen molar-refractivity contribution in [3.05, 3.63) is 77.4 Å². The van der Waals surface area contributed by atoms with Gasteiger partial charge in [-0.3, -0.25) is 9.78 Å². The monoisotopic (exact) mass is 375 g/mol. The first-order valence-electron chi connectivity index (χ1n) is 9.86. The average Bonchev–Trinajstić information content (AvgIpc) is 3.17. The maximum atomic E-state index is 12.6. The van der Waals surface area contributed by atoms with Gasteiger partial charge in [-0.15, -0.1) is 5.10 Å². The molecule has 0 saturated heterocycles. The molecule has 0 spiro atoms. The van der Waals surface area contributed by atoms with Gasteiger partial charge in [0.15, 0.2) is 0 Å². The standard InChI is InChI=1S/C22H25N5O/c1-16-7-6-8-17(13-16)14-27-15-21(25-26-27)18-9-2-3-10-19(18)24-22(28)20-11-4-5-12-23-20/h4-8,11-13,15,18-19H,2-3,9-10,14H2,1H3,(H,24,28). The fraction of sp³-hybridized carbons (Fsp3) is 0.364. The van der Waals surface area contributed by atoms with E-state index in [-0.39, 0.29) is 17.9 Å². The van der Waals surface area contributed by atoms with Crippen LogP contribution in [0.1, 0.15) is 58.9 Å². The zero-order valence-corrected chi connectivity index (χ0v) is 16.1. The number of nitrogens with zero attached hydrogens (tertiary/aromatic N) is 4. The Morgan fingerprint density at radius 2 is 2.07 bits per heavy atom. The zero-order chi connectivity index (χ0) is 19.3. The molecule has 6 nitrogen and oxygen atoms in total. The first-order valence-corrected chi connectivity index (χ1v) is 9.86. The molecular formula is C22H25N5O. The van der Waals surface area contributed by atoms with E-state index >= 15 is 0 Å². The normalized spacial score (nSPS) is 19.3. The lowest BCUT2D eigenvalue weighted by atomic mass is 9.82. The van der Waals surface area contributed by atoms with Crippen LogP contribution in [0, 0.1) is 6.92 Å². The summed E-state index contributed by atoms with van der Waals surface area (Å²) in [5.74, 6) is 0.0670. The molecule has 0 bridgehead atoms. The third-order valence-electron chi connectivity index (χ3n) is 5.34. The highest BCUT2D eigenvalue weighted by Gasteiger charge is 2.30. The molecule has 1 amide bonds. The minimum absolute atomic E-state index is 0.0624. The lowest BCUT2D eigenvalue weighted by Crippen LogP contribution is -2.41. The predicted molar refractivity (Wildman–Crippen MR) is 107 cm³/mol. The Morgan fingerprint density at radius 3 is 2.89 bits per heavy atom. The summed E-state index contributed by atoms with van der Waals surface area (Å²) in [6, 6.07) is 13.9.